The number of nitrogens with zero attached hydrogens (tertiary/aromatic N) is 3. The molecule has 0 aromatic rings. The lowest BCUT2D eigenvalue weighted by atomic mass is 9.43. The van der Waals surface area contributed by atoms with Crippen LogP contribution in [0.1, 0.15) is 225 Å². The van der Waals surface area contributed by atoms with Gasteiger partial charge in [0.1, 0.15) is 0 Å². The minimum Gasteiger partial charge on any atom is -0.390 e. The average Bonchev–Trinajstić information content (AvgIpc) is 4.40. The SMILES string of the molecule is C/C=C1\CCC2C3C(CC[C@]12C)[C@@]1(C)CC[C@H](N)CC1[C@@H](O)[C@@H]3O.C/C=C1\CCC2C3C(CC[C@]12C)[C@@]1(C)CC[C@H](N)CC1[C@H]1OC(C)(C)O[C@H]31.C/C=C1\CCC2C3C(CC[C@]12C)[C@@]1(C)CC[C@H](N=[N+]=[N-])CC1[C@H]1OC(C)(C)O[C@H]31.Cl. The van der Waals surface area contributed by atoms with Gasteiger partial charge in [0.15, 0.2) is 11.6 Å². The predicted octanol–water partition coefficient (Wildman–Crippen LogP) is 15.1. The first-order valence-corrected chi connectivity index (χ1v) is 33.4. The van der Waals surface area contributed by atoms with E-state index in [1.165, 1.54) is 89.9 Å². The highest BCUT2D eigenvalue weighted by atomic mass is 35.5. The highest BCUT2D eigenvalue weighted by Crippen LogP contribution is 2.72. The lowest BCUT2D eigenvalue weighted by Gasteiger charge is -2.63. The van der Waals surface area contributed by atoms with Gasteiger partial charge in [-0.25, -0.2) is 0 Å². The van der Waals surface area contributed by atoms with Crippen LogP contribution in [0.3, 0.4) is 0 Å². The zero-order valence-corrected chi connectivity index (χ0v) is 53.5. The fourth-order valence-corrected chi connectivity index (χ4v) is 24.8. The number of aliphatic hydroxyl groups excluding tert-OH is 2. The summed E-state index contributed by atoms with van der Waals surface area (Å²) < 4.78 is 26.6. The van der Waals surface area contributed by atoms with Gasteiger partial charge in [0.05, 0.1) is 36.6 Å². The standard InChI is InChI=1S/C24H37N3O2.C24H39NO2.C21H35NO2.ClH/c1-6-14-7-8-16-19-17(10-12-23(14,16)4)24(5)11-9-15(26-27-25)13-18(24)20-21(19)29-22(2,3)28-20;1-6-14-7-8-16-19-17(10-12-23(14,16)4)24(5)11-9-15(25)13-18(24)20-21(19)27-22(2,3)26-20;1-4-12-5-6-14-17-15(8-10-20(12,14)2)21(3)9-7-13(22)11-16(21)18(23)19(17)24;/h6,15-21H,7-13H2,1-5H3;6,15-21H,7-13,25H2,1-5H3;4,13-19,23-24H,5-11,22H2,1-3H3;1H/b2*14-6+;12-4+;/t2*15-,16?,17?,18?,19?,20+,21+,23+,24+;13-,14?,15?,16?,17?,18+,19+,20+,21+;/m000./s1. The molecule has 2 heterocycles. The molecule has 2 aliphatic heterocycles. The number of fused-ring (bicyclic) bond motifs is 21. The Bertz CT molecular complexity index is 2510. The van der Waals surface area contributed by atoms with Crippen molar-refractivity contribution in [2.24, 2.45) is 120 Å². The zero-order chi connectivity index (χ0) is 57.1. The quantitative estimate of drug-likeness (QED) is 0.0867. The third-order valence-corrected chi connectivity index (χ3v) is 28.7. The van der Waals surface area contributed by atoms with Crippen LogP contribution in [0.15, 0.2) is 40.1 Å². The Kier molecular flexibility index (Phi) is 16.1. The second kappa shape index (κ2) is 21.4. The molecule has 12 heteroatoms. The third-order valence-electron chi connectivity index (χ3n) is 28.7. The Morgan fingerprint density at radius 1 is 0.444 bits per heavy atom. The number of nitrogens with two attached hydrogens (primary N) is 2. The molecule has 6 N–H and O–H groups in total. The van der Waals surface area contributed by atoms with E-state index in [0.29, 0.717) is 69.6 Å². The Labute approximate surface area is 495 Å². The lowest BCUT2D eigenvalue weighted by molar-refractivity contribution is -0.210. The highest BCUT2D eigenvalue weighted by Gasteiger charge is 2.71. The molecule has 2 saturated heterocycles. The molecule has 0 radical (unpaired) electrons. The Hall–Kier alpha value is -1.50. The maximum absolute atomic E-state index is 11.1. The molecule has 456 valence electrons. The summed E-state index contributed by atoms with van der Waals surface area (Å²) >= 11 is 0. The Morgan fingerprint density at radius 2 is 0.802 bits per heavy atom. The Balaban J connectivity index is 0.000000128. The maximum atomic E-state index is 11.1. The molecule has 81 heavy (non-hydrogen) atoms. The zero-order valence-electron chi connectivity index (χ0n) is 52.6. The van der Waals surface area contributed by atoms with Crippen molar-refractivity contribution in [3.8, 4) is 0 Å². The van der Waals surface area contributed by atoms with E-state index in [1.807, 2.05) is 0 Å². The number of hydrogen-bond donors (Lipinski definition) is 4. The van der Waals surface area contributed by atoms with Crippen molar-refractivity contribution in [3.05, 3.63) is 45.4 Å². The number of azide groups is 1. The summed E-state index contributed by atoms with van der Waals surface area (Å²) in [5.41, 5.74) is 28.4. The number of rotatable bonds is 1. The largest absolute Gasteiger partial charge is 0.390 e. The van der Waals surface area contributed by atoms with Crippen LogP contribution >= 0.6 is 12.4 Å². The summed E-state index contributed by atoms with van der Waals surface area (Å²) in [6, 6.07) is 0.636. The number of ether oxygens (including phenoxy) is 4. The van der Waals surface area contributed by atoms with E-state index in [9.17, 15) is 10.2 Å². The minimum atomic E-state index is -0.598. The summed E-state index contributed by atoms with van der Waals surface area (Å²) in [5, 5.41) is 26.2. The molecule has 12 saturated carbocycles. The van der Waals surface area contributed by atoms with Crippen molar-refractivity contribution in [1.82, 2.24) is 0 Å². The lowest BCUT2D eigenvalue weighted by Crippen LogP contribution is -2.64. The number of hydrogen-bond acceptors (Lipinski definition) is 9. The van der Waals surface area contributed by atoms with Gasteiger partial charge in [0, 0.05) is 23.0 Å². The van der Waals surface area contributed by atoms with Crippen LogP contribution in [0.2, 0.25) is 0 Å². The van der Waals surface area contributed by atoms with E-state index < -0.39 is 23.8 Å². The van der Waals surface area contributed by atoms with Crippen LogP contribution in [-0.2, 0) is 18.9 Å². The van der Waals surface area contributed by atoms with Crippen molar-refractivity contribution in [1.29, 1.82) is 0 Å². The van der Waals surface area contributed by atoms with E-state index in [2.05, 4.69) is 118 Å². The minimum absolute atomic E-state index is 0. The van der Waals surface area contributed by atoms with E-state index in [-0.39, 0.29) is 77.0 Å². The molecule has 27 atom stereocenters. The molecule has 12 aliphatic carbocycles. The van der Waals surface area contributed by atoms with Gasteiger partial charge in [-0.3, -0.25) is 0 Å². The number of halogens is 1. The summed E-state index contributed by atoms with van der Waals surface area (Å²) in [6.07, 6.45) is 31.8. The first kappa shape index (κ1) is 61.2. The molecule has 11 nitrogen and oxygen atoms in total. The van der Waals surface area contributed by atoms with Crippen molar-refractivity contribution in [2.45, 2.75) is 291 Å². The van der Waals surface area contributed by atoms with Gasteiger partial charge < -0.3 is 40.6 Å². The van der Waals surface area contributed by atoms with E-state index in [1.54, 1.807) is 16.7 Å². The van der Waals surface area contributed by atoms with Crippen LogP contribution in [0.4, 0.5) is 0 Å². The van der Waals surface area contributed by atoms with Gasteiger partial charge in [0.25, 0.3) is 0 Å². The van der Waals surface area contributed by atoms with Gasteiger partial charge in [-0.2, -0.15) is 0 Å². The van der Waals surface area contributed by atoms with Crippen molar-refractivity contribution >= 4 is 12.4 Å². The Morgan fingerprint density at radius 3 is 1.22 bits per heavy atom. The predicted molar refractivity (Wildman–Crippen MR) is 325 cm³/mol. The number of aliphatic hydroxyl groups is 2. The molecule has 0 bridgehead atoms. The molecular weight excluding hydrogens is 1030 g/mol. The second-order valence-electron chi connectivity index (χ2n) is 32.4. The first-order chi connectivity index (χ1) is 37.8. The molecule has 0 spiro atoms. The molecule has 0 aromatic carbocycles. The second-order valence-corrected chi connectivity index (χ2v) is 32.4. The van der Waals surface area contributed by atoms with Crippen molar-refractivity contribution in [2.75, 3.05) is 0 Å². The van der Waals surface area contributed by atoms with Gasteiger partial charge in [-0.05, 0) is 292 Å². The van der Waals surface area contributed by atoms with Crippen LogP contribution < -0.4 is 11.5 Å². The van der Waals surface area contributed by atoms with E-state index in [4.69, 9.17) is 35.9 Å². The van der Waals surface area contributed by atoms with Gasteiger partial charge in [-0.1, -0.05) is 81.6 Å². The monoisotopic (exact) mass is 1140 g/mol. The van der Waals surface area contributed by atoms with Crippen LogP contribution in [0.25, 0.3) is 10.4 Å². The van der Waals surface area contributed by atoms with Crippen molar-refractivity contribution in [3.63, 3.8) is 0 Å². The summed E-state index contributed by atoms with van der Waals surface area (Å²) in [5.74, 6) is 5.63. The molecule has 14 aliphatic rings. The summed E-state index contributed by atoms with van der Waals surface area (Å²) in [6.45, 7) is 30.0. The molecule has 0 amide bonds. The van der Waals surface area contributed by atoms with Crippen LogP contribution in [0.5, 0.6) is 0 Å². The van der Waals surface area contributed by atoms with Gasteiger partial charge in [-0.15, -0.1) is 12.4 Å². The average molecular weight is 1140 g/mol. The van der Waals surface area contributed by atoms with Crippen molar-refractivity contribution < 1.29 is 29.2 Å². The van der Waals surface area contributed by atoms with E-state index >= 15 is 0 Å². The third kappa shape index (κ3) is 9.28. The van der Waals surface area contributed by atoms with E-state index in [0.717, 1.165) is 56.8 Å². The topological polar surface area (TPSA) is 178 Å². The number of allylic oxidation sites excluding steroid dienone is 6. The maximum Gasteiger partial charge on any atom is 0.163 e. The summed E-state index contributed by atoms with van der Waals surface area (Å²) in [7, 11) is 0. The van der Waals surface area contributed by atoms with Crippen LogP contribution in [0, 0.1) is 104 Å². The fourth-order valence-electron chi connectivity index (χ4n) is 24.8. The van der Waals surface area contributed by atoms with Crippen LogP contribution in [-0.4, -0.2) is 76.5 Å². The van der Waals surface area contributed by atoms with Gasteiger partial charge in [0.2, 0.25) is 0 Å². The molecule has 0 aromatic heterocycles. The smallest absolute Gasteiger partial charge is 0.163 e. The molecule has 12 unspecified atom stereocenters. The highest BCUT2D eigenvalue weighted by molar-refractivity contribution is 5.85. The van der Waals surface area contributed by atoms with Gasteiger partial charge >= 0.3 is 0 Å². The normalized spacial score (nSPS) is 56.1. The molecule has 14 rings (SSSR count). The first-order valence-electron chi connectivity index (χ1n) is 33.4. The fraction of sp³-hybridized carbons (Fsp3) is 0.913. The molecular formula is C69H112ClN5O6. The molecule has 14 fully saturated rings. The summed E-state index contributed by atoms with van der Waals surface area (Å²) in [4.78, 5) is 3.13.